The van der Waals surface area contributed by atoms with Gasteiger partial charge < -0.3 is 24.0 Å². The lowest BCUT2D eigenvalue weighted by atomic mass is 10.4. The van der Waals surface area contributed by atoms with E-state index in [1.54, 1.807) is 0 Å². The lowest BCUT2D eigenvalue weighted by Gasteiger charge is -1.91. The summed E-state index contributed by atoms with van der Waals surface area (Å²) in [6, 6.07) is 0. The second kappa shape index (κ2) is 3.85. The van der Waals surface area contributed by atoms with Gasteiger partial charge in [0.05, 0.1) is 6.20 Å². The van der Waals surface area contributed by atoms with E-state index < -0.39 is 0 Å². The van der Waals surface area contributed by atoms with Crippen molar-refractivity contribution in [3.8, 4) is 0 Å². The van der Waals surface area contributed by atoms with Crippen molar-refractivity contribution < 1.29 is 28.5 Å². The van der Waals surface area contributed by atoms with Crippen molar-refractivity contribution in [2.45, 2.75) is 13.8 Å². The number of hydrogen-bond donors (Lipinski definition) is 0. The molecule has 0 radical (unpaired) electrons. The first-order valence-corrected chi connectivity index (χ1v) is 2.99. The molecular weight excluding hydrogens is 239 g/mol. The summed E-state index contributed by atoms with van der Waals surface area (Å²) in [7, 11) is 2.02. The number of rotatable bonds is 0. The number of aryl methyl sites for hydroxylation is 3. The first-order valence-electron chi connectivity index (χ1n) is 2.99. The van der Waals surface area contributed by atoms with Gasteiger partial charge in [-0.1, -0.05) is 0 Å². The minimum absolute atomic E-state index is 0. The molecule has 0 aromatic carbocycles. The van der Waals surface area contributed by atoms with Gasteiger partial charge in [0.1, 0.15) is 12.7 Å². The SMILES string of the molecule is Cc1c[n+](C)c(C)cn1.[I-]. The van der Waals surface area contributed by atoms with Crippen LogP contribution >= 0.6 is 0 Å². The first-order chi connectivity index (χ1) is 4.20. The Hall–Kier alpha value is -0.190. The molecule has 0 bridgehead atoms. The van der Waals surface area contributed by atoms with Crippen molar-refractivity contribution in [1.29, 1.82) is 0 Å². The molecule has 0 N–H and O–H groups in total. The summed E-state index contributed by atoms with van der Waals surface area (Å²) in [5.41, 5.74) is 2.24. The van der Waals surface area contributed by atoms with Gasteiger partial charge in [-0.25, -0.2) is 9.55 Å². The maximum Gasteiger partial charge on any atom is 0.196 e. The average molecular weight is 250 g/mol. The lowest BCUT2D eigenvalue weighted by molar-refractivity contribution is -0.678. The Morgan fingerprint density at radius 2 is 2.00 bits per heavy atom. The molecule has 0 aliphatic heterocycles. The van der Waals surface area contributed by atoms with Gasteiger partial charge in [0, 0.05) is 6.92 Å². The third kappa shape index (κ3) is 2.21. The van der Waals surface area contributed by atoms with Crippen molar-refractivity contribution in [3.05, 3.63) is 23.8 Å². The molecule has 0 aliphatic carbocycles. The van der Waals surface area contributed by atoms with Crippen LogP contribution in [-0.4, -0.2) is 4.98 Å². The Balaban J connectivity index is 0.000000810. The molecule has 1 aromatic rings. The molecule has 0 unspecified atom stereocenters. The molecule has 56 valence electrons. The van der Waals surface area contributed by atoms with Crippen LogP contribution in [0, 0.1) is 13.8 Å². The maximum absolute atomic E-state index is 4.12. The minimum atomic E-state index is 0. The monoisotopic (exact) mass is 250 g/mol. The van der Waals surface area contributed by atoms with Crippen LogP contribution in [0.15, 0.2) is 12.4 Å². The van der Waals surface area contributed by atoms with Crippen LogP contribution in [0.1, 0.15) is 11.4 Å². The average Bonchev–Trinajstić information content (AvgIpc) is 1.80. The standard InChI is InChI=1S/C7H11N2.HI/c1-6-5-9(3)7(2)4-8-6;/h4-5H,1-3H3;1H/q+1;/p-1. The second-order valence-corrected chi connectivity index (χ2v) is 2.28. The zero-order valence-corrected chi connectivity index (χ0v) is 8.58. The van der Waals surface area contributed by atoms with Gasteiger partial charge in [-0.05, 0) is 6.92 Å². The fourth-order valence-corrected chi connectivity index (χ4v) is 0.702. The van der Waals surface area contributed by atoms with Crippen LogP contribution in [0.25, 0.3) is 0 Å². The predicted molar refractivity (Wildman–Crippen MR) is 34.9 cm³/mol. The molecule has 1 heterocycles. The zero-order valence-electron chi connectivity index (χ0n) is 6.43. The lowest BCUT2D eigenvalue weighted by Crippen LogP contribution is -3.00. The molecule has 0 spiro atoms. The van der Waals surface area contributed by atoms with Crippen LogP contribution in [0.3, 0.4) is 0 Å². The number of aromatic nitrogens is 2. The van der Waals surface area contributed by atoms with Gasteiger partial charge in [-0.3, -0.25) is 0 Å². The molecule has 0 atom stereocenters. The largest absolute Gasteiger partial charge is 1.00 e. The summed E-state index contributed by atoms with van der Waals surface area (Å²) in [4.78, 5) is 4.12. The van der Waals surface area contributed by atoms with Crippen molar-refractivity contribution in [2.24, 2.45) is 7.05 Å². The zero-order chi connectivity index (χ0) is 6.85. The molecule has 1 rings (SSSR count). The van der Waals surface area contributed by atoms with E-state index in [4.69, 9.17) is 0 Å². The van der Waals surface area contributed by atoms with Gasteiger partial charge in [-0.2, -0.15) is 0 Å². The smallest absolute Gasteiger partial charge is 0.196 e. The fraction of sp³-hybridized carbons (Fsp3) is 0.429. The van der Waals surface area contributed by atoms with E-state index >= 15 is 0 Å². The van der Waals surface area contributed by atoms with E-state index in [-0.39, 0.29) is 24.0 Å². The molecule has 10 heavy (non-hydrogen) atoms. The number of hydrogen-bond acceptors (Lipinski definition) is 1. The maximum atomic E-state index is 4.12. The number of halogens is 1. The molecule has 0 saturated carbocycles. The van der Waals surface area contributed by atoms with Crippen molar-refractivity contribution in [3.63, 3.8) is 0 Å². The highest BCUT2D eigenvalue weighted by molar-refractivity contribution is 4.90. The summed E-state index contributed by atoms with van der Waals surface area (Å²) < 4.78 is 2.06. The van der Waals surface area contributed by atoms with Crippen LogP contribution < -0.4 is 28.5 Å². The Morgan fingerprint density at radius 3 is 2.40 bits per heavy atom. The summed E-state index contributed by atoms with van der Waals surface area (Å²) in [5, 5.41) is 0. The summed E-state index contributed by atoms with van der Waals surface area (Å²) in [6.07, 6.45) is 3.88. The normalized spacial score (nSPS) is 8.70. The summed E-state index contributed by atoms with van der Waals surface area (Å²) in [6.45, 7) is 4.02. The fourth-order valence-electron chi connectivity index (χ4n) is 0.702. The molecule has 0 fully saturated rings. The Labute approximate surface area is 78.3 Å². The van der Waals surface area contributed by atoms with Gasteiger partial charge in [0.15, 0.2) is 11.9 Å². The van der Waals surface area contributed by atoms with E-state index in [1.165, 1.54) is 5.69 Å². The van der Waals surface area contributed by atoms with E-state index in [0.717, 1.165) is 5.69 Å². The third-order valence-electron chi connectivity index (χ3n) is 1.39. The van der Waals surface area contributed by atoms with E-state index in [0.29, 0.717) is 0 Å². The van der Waals surface area contributed by atoms with Crippen molar-refractivity contribution in [2.75, 3.05) is 0 Å². The van der Waals surface area contributed by atoms with Crippen molar-refractivity contribution in [1.82, 2.24) is 4.98 Å². The molecular formula is C7H11IN2. The molecule has 2 nitrogen and oxygen atoms in total. The second-order valence-electron chi connectivity index (χ2n) is 2.28. The highest BCUT2D eigenvalue weighted by Crippen LogP contribution is 1.86. The predicted octanol–water partition coefficient (Wildman–Crippen LogP) is -2.47. The highest BCUT2D eigenvalue weighted by Gasteiger charge is 1.98. The molecule has 0 amide bonds. The van der Waals surface area contributed by atoms with Crippen LogP contribution in [0.5, 0.6) is 0 Å². The van der Waals surface area contributed by atoms with Crippen LogP contribution in [0.2, 0.25) is 0 Å². The Kier molecular flexibility index (Phi) is 3.78. The van der Waals surface area contributed by atoms with Gasteiger partial charge in [0.2, 0.25) is 0 Å². The number of nitrogens with zero attached hydrogens (tertiary/aromatic N) is 2. The minimum Gasteiger partial charge on any atom is -1.00 e. The molecule has 3 heteroatoms. The molecule has 0 saturated heterocycles. The third-order valence-corrected chi connectivity index (χ3v) is 1.39. The van der Waals surface area contributed by atoms with Gasteiger partial charge >= 0.3 is 0 Å². The highest BCUT2D eigenvalue weighted by atomic mass is 127. The quantitative estimate of drug-likeness (QED) is 0.368. The van der Waals surface area contributed by atoms with Crippen LogP contribution in [0.4, 0.5) is 0 Å². The van der Waals surface area contributed by atoms with Gasteiger partial charge in [-0.15, -0.1) is 0 Å². The first kappa shape index (κ1) is 9.81. The Morgan fingerprint density at radius 1 is 1.40 bits per heavy atom. The van der Waals surface area contributed by atoms with Crippen molar-refractivity contribution >= 4 is 0 Å². The molecule has 0 aliphatic rings. The molecule has 1 aromatic heterocycles. The summed E-state index contributed by atoms with van der Waals surface area (Å²) in [5.74, 6) is 0. The van der Waals surface area contributed by atoms with E-state index in [9.17, 15) is 0 Å². The van der Waals surface area contributed by atoms with E-state index in [2.05, 4.69) is 9.55 Å². The van der Waals surface area contributed by atoms with Crippen LogP contribution in [-0.2, 0) is 7.05 Å². The topological polar surface area (TPSA) is 16.8 Å². The Bertz CT molecular complexity index is 223. The van der Waals surface area contributed by atoms with Gasteiger partial charge in [0.25, 0.3) is 0 Å². The van der Waals surface area contributed by atoms with E-state index in [1.807, 2.05) is 33.3 Å². The summed E-state index contributed by atoms with van der Waals surface area (Å²) >= 11 is 0.